The average molecular weight is 499 g/mol. The van der Waals surface area contributed by atoms with E-state index in [0.717, 1.165) is 24.5 Å². The fraction of sp³-hybridized carbons (Fsp3) is 0.296. The van der Waals surface area contributed by atoms with Crippen molar-refractivity contribution in [1.82, 2.24) is 4.98 Å². The van der Waals surface area contributed by atoms with Crippen LogP contribution >= 0.6 is 0 Å². The van der Waals surface area contributed by atoms with Gasteiger partial charge in [0.25, 0.3) is 0 Å². The van der Waals surface area contributed by atoms with Crippen molar-refractivity contribution < 1.29 is 33.0 Å². The number of carbonyl (C=O) groups is 2. The molecule has 1 aromatic heterocycles. The highest BCUT2D eigenvalue weighted by Crippen LogP contribution is 2.52. The number of nitrogens with zero attached hydrogens (tertiary/aromatic N) is 1. The zero-order valence-electron chi connectivity index (χ0n) is 20.5. The second-order valence-corrected chi connectivity index (χ2v) is 7.97. The Morgan fingerprint density at radius 1 is 1.03 bits per heavy atom. The molecule has 5 rings (SSSR count). The van der Waals surface area contributed by atoms with Gasteiger partial charge in [-0.15, -0.1) is 8.78 Å². The number of anilines is 1. The molecule has 1 fully saturated rings. The SMILES string of the molecule is CC.CO.Cc1ccc(NC(=O)C2(c3ccc4c(c3)OC(F)(F)O4)CC2)nc1-c1cccc(C=O)c1. The number of hydrogen-bond donors (Lipinski definition) is 2. The van der Waals surface area contributed by atoms with Gasteiger partial charge in [0.15, 0.2) is 11.5 Å². The first-order chi connectivity index (χ1) is 17.3. The quantitative estimate of drug-likeness (QED) is 0.451. The van der Waals surface area contributed by atoms with Crippen molar-refractivity contribution in [3.05, 3.63) is 71.3 Å². The number of halogens is 2. The Kier molecular flexibility index (Phi) is 8.04. The highest BCUT2D eigenvalue weighted by molar-refractivity contribution is 6.01. The number of aryl methyl sites for hydroxylation is 1. The molecule has 3 aromatic rings. The van der Waals surface area contributed by atoms with Gasteiger partial charge in [-0.3, -0.25) is 9.59 Å². The molecule has 0 radical (unpaired) electrons. The van der Waals surface area contributed by atoms with Crippen LogP contribution in [-0.4, -0.2) is 35.7 Å². The molecule has 190 valence electrons. The van der Waals surface area contributed by atoms with Gasteiger partial charge in [-0.05, 0) is 55.2 Å². The fourth-order valence-electron chi connectivity index (χ4n) is 3.90. The minimum atomic E-state index is -3.71. The van der Waals surface area contributed by atoms with Crippen LogP contribution in [0.15, 0.2) is 54.6 Å². The first-order valence-electron chi connectivity index (χ1n) is 11.5. The molecule has 36 heavy (non-hydrogen) atoms. The number of benzene rings is 2. The molecular weight excluding hydrogens is 470 g/mol. The Bertz CT molecular complexity index is 1260. The van der Waals surface area contributed by atoms with Crippen molar-refractivity contribution in [2.45, 2.75) is 45.3 Å². The molecule has 7 nitrogen and oxygen atoms in total. The van der Waals surface area contributed by atoms with E-state index in [1.54, 1.807) is 30.3 Å². The maximum atomic E-state index is 13.3. The number of aldehydes is 1. The summed E-state index contributed by atoms with van der Waals surface area (Å²) in [7, 11) is 1.00. The van der Waals surface area contributed by atoms with Crippen LogP contribution in [0.5, 0.6) is 11.5 Å². The molecule has 2 aromatic carbocycles. The van der Waals surface area contributed by atoms with E-state index in [1.165, 1.54) is 12.1 Å². The van der Waals surface area contributed by atoms with Crippen molar-refractivity contribution in [3.63, 3.8) is 0 Å². The zero-order chi connectivity index (χ0) is 26.5. The van der Waals surface area contributed by atoms with Crippen LogP contribution in [0.4, 0.5) is 14.6 Å². The van der Waals surface area contributed by atoms with E-state index in [1.807, 2.05) is 32.9 Å². The number of aromatic nitrogens is 1. The summed E-state index contributed by atoms with van der Waals surface area (Å²) in [6.07, 6.45) is -1.78. The maximum absolute atomic E-state index is 13.3. The molecule has 0 saturated heterocycles. The Balaban J connectivity index is 0.000000861. The van der Waals surface area contributed by atoms with Gasteiger partial charge in [-0.1, -0.05) is 44.2 Å². The second-order valence-electron chi connectivity index (χ2n) is 7.97. The number of alkyl halides is 2. The molecule has 1 amide bonds. The van der Waals surface area contributed by atoms with E-state index in [2.05, 4.69) is 19.8 Å². The van der Waals surface area contributed by atoms with E-state index in [-0.39, 0.29) is 17.4 Å². The monoisotopic (exact) mass is 498 g/mol. The molecule has 2 heterocycles. The molecule has 0 unspecified atom stereocenters. The van der Waals surface area contributed by atoms with Crippen molar-refractivity contribution in [1.29, 1.82) is 0 Å². The Morgan fingerprint density at radius 2 is 1.72 bits per heavy atom. The number of rotatable bonds is 5. The highest BCUT2D eigenvalue weighted by atomic mass is 19.3. The van der Waals surface area contributed by atoms with Crippen LogP contribution in [0.1, 0.15) is 48.2 Å². The lowest BCUT2D eigenvalue weighted by atomic mass is 9.94. The maximum Gasteiger partial charge on any atom is 0.586 e. The Labute approximate surface area is 208 Å². The van der Waals surface area contributed by atoms with Crippen LogP contribution in [0, 0.1) is 6.92 Å². The number of ether oxygens (including phenoxy) is 2. The molecule has 1 aliphatic heterocycles. The smallest absolute Gasteiger partial charge is 0.400 e. The fourth-order valence-corrected chi connectivity index (χ4v) is 3.90. The summed E-state index contributed by atoms with van der Waals surface area (Å²) in [6.45, 7) is 5.90. The molecule has 9 heteroatoms. The van der Waals surface area contributed by atoms with Crippen LogP contribution in [0.25, 0.3) is 11.3 Å². The largest absolute Gasteiger partial charge is 0.586 e. The predicted octanol–water partition coefficient (Wildman–Crippen LogP) is 5.50. The van der Waals surface area contributed by atoms with Gasteiger partial charge in [0.1, 0.15) is 12.1 Å². The van der Waals surface area contributed by atoms with E-state index in [9.17, 15) is 18.4 Å². The topological polar surface area (TPSA) is 97.8 Å². The average Bonchev–Trinajstić information content (AvgIpc) is 3.64. The van der Waals surface area contributed by atoms with Crippen LogP contribution in [-0.2, 0) is 10.2 Å². The standard InChI is InChI=1S/C24H18F2N2O4.C2H6.CH4O/c1-14-5-8-20(27-21(14)16-4-2-3-15(11-16)13-29)28-22(30)23(9-10-23)17-6-7-18-19(12-17)32-24(25,26)31-18;2*1-2/h2-8,11-13H,9-10H2,1H3,(H,27,28,30);1-2H3;2H,1H3. The summed E-state index contributed by atoms with van der Waals surface area (Å²) in [5, 5.41) is 9.85. The number of aliphatic hydroxyl groups excluding tert-OH is 1. The van der Waals surface area contributed by atoms with Crippen molar-refractivity contribution >= 4 is 18.0 Å². The highest BCUT2D eigenvalue weighted by Gasteiger charge is 2.53. The molecule has 0 bridgehead atoms. The van der Waals surface area contributed by atoms with Gasteiger partial charge < -0.3 is 19.9 Å². The molecule has 1 saturated carbocycles. The molecule has 0 atom stereocenters. The number of fused-ring (bicyclic) bond motifs is 1. The summed E-state index contributed by atoms with van der Waals surface area (Å²) in [5.74, 6) is -0.0486. The third kappa shape index (κ3) is 5.36. The van der Waals surface area contributed by atoms with Gasteiger partial charge >= 0.3 is 6.29 Å². The minimum Gasteiger partial charge on any atom is -0.400 e. The summed E-state index contributed by atoms with van der Waals surface area (Å²) in [4.78, 5) is 28.8. The van der Waals surface area contributed by atoms with Crippen molar-refractivity contribution in [2.75, 3.05) is 12.4 Å². The van der Waals surface area contributed by atoms with Gasteiger partial charge in [0, 0.05) is 18.2 Å². The molecule has 1 aliphatic carbocycles. The lowest BCUT2D eigenvalue weighted by Gasteiger charge is -2.17. The first kappa shape index (κ1) is 26.7. The Morgan fingerprint density at radius 3 is 2.39 bits per heavy atom. The zero-order valence-corrected chi connectivity index (χ0v) is 20.5. The van der Waals surface area contributed by atoms with E-state index >= 15 is 0 Å². The Hall–Kier alpha value is -3.85. The normalized spacial score (nSPS) is 15.4. The van der Waals surface area contributed by atoms with Gasteiger partial charge in [-0.25, -0.2) is 4.98 Å². The number of hydrogen-bond acceptors (Lipinski definition) is 6. The van der Waals surface area contributed by atoms with E-state index < -0.39 is 11.7 Å². The van der Waals surface area contributed by atoms with E-state index in [0.29, 0.717) is 35.5 Å². The number of amides is 1. The molecule has 2 aliphatic rings. The third-order valence-electron chi connectivity index (χ3n) is 5.77. The summed E-state index contributed by atoms with van der Waals surface area (Å²) < 4.78 is 35.6. The van der Waals surface area contributed by atoms with Gasteiger partial charge in [-0.2, -0.15) is 0 Å². The summed E-state index contributed by atoms with van der Waals surface area (Å²) in [5.41, 5.74) is 2.59. The van der Waals surface area contributed by atoms with Crippen LogP contribution < -0.4 is 14.8 Å². The lowest BCUT2D eigenvalue weighted by Crippen LogP contribution is -2.28. The van der Waals surface area contributed by atoms with Gasteiger partial charge in [0.05, 0.1) is 11.1 Å². The molecular formula is C27H28F2N2O5. The van der Waals surface area contributed by atoms with Gasteiger partial charge in [0.2, 0.25) is 5.91 Å². The second kappa shape index (κ2) is 10.8. The summed E-state index contributed by atoms with van der Waals surface area (Å²) >= 11 is 0. The molecule has 2 N–H and O–H groups in total. The van der Waals surface area contributed by atoms with Crippen molar-refractivity contribution in [2.24, 2.45) is 0 Å². The minimum absolute atomic E-state index is 0.0580. The van der Waals surface area contributed by atoms with Crippen LogP contribution in [0.3, 0.4) is 0 Å². The lowest BCUT2D eigenvalue weighted by molar-refractivity contribution is -0.286. The van der Waals surface area contributed by atoms with E-state index in [4.69, 9.17) is 5.11 Å². The first-order valence-corrected chi connectivity index (χ1v) is 11.5. The van der Waals surface area contributed by atoms with Crippen LogP contribution in [0.2, 0.25) is 0 Å². The van der Waals surface area contributed by atoms with Crippen molar-refractivity contribution in [3.8, 4) is 22.8 Å². The number of pyridine rings is 1. The number of nitrogens with one attached hydrogen (secondary N) is 1. The predicted molar refractivity (Wildman–Crippen MR) is 131 cm³/mol. The molecule has 0 spiro atoms. The number of carbonyl (C=O) groups excluding carboxylic acids is 2. The third-order valence-corrected chi connectivity index (χ3v) is 5.77. The summed E-state index contributed by atoms with van der Waals surface area (Å²) in [6, 6.07) is 15.0. The number of aliphatic hydroxyl groups is 1.